The molecule has 1 atom stereocenters. The van der Waals surface area contributed by atoms with E-state index in [-0.39, 0.29) is 0 Å². The van der Waals surface area contributed by atoms with Gasteiger partial charge >= 0.3 is 0 Å². The Labute approximate surface area is 84.7 Å². The highest BCUT2D eigenvalue weighted by Crippen LogP contribution is 2.41. The lowest BCUT2D eigenvalue weighted by molar-refractivity contribution is 0.0354. The van der Waals surface area contributed by atoms with E-state index in [1.165, 1.54) is 12.8 Å². The normalized spacial score (nSPS) is 20.9. The molecule has 1 aliphatic rings. The zero-order valence-electron chi connectivity index (χ0n) is 9.12. The van der Waals surface area contributed by atoms with E-state index in [1.54, 1.807) is 0 Å². The zero-order chi connectivity index (χ0) is 10.3. The molecule has 78 valence electrons. The standard InChI is InChI=1S/C11H18N2O/c1-8-6-10(13(3)12-8)7-11(2,14)9-4-5-9/h6,9,14H,4-5,7H2,1-3H3. The van der Waals surface area contributed by atoms with E-state index in [0.717, 1.165) is 17.8 Å². The third kappa shape index (κ3) is 1.82. The SMILES string of the molecule is Cc1cc(CC(C)(O)C2CC2)n(C)n1. The van der Waals surface area contributed by atoms with Crippen LogP contribution < -0.4 is 0 Å². The van der Waals surface area contributed by atoms with E-state index >= 15 is 0 Å². The van der Waals surface area contributed by atoms with E-state index in [2.05, 4.69) is 11.2 Å². The molecule has 1 fully saturated rings. The summed E-state index contributed by atoms with van der Waals surface area (Å²) in [4.78, 5) is 0. The van der Waals surface area contributed by atoms with Crippen molar-refractivity contribution < 1.29 is 5.11 Å². The van der Waals surface area contributed by atoms with Gasteiger partial charge in [0.05, 0.1) is 11.3 Å². The summed E-state index contributed by atoms with van der Waals surface area (Å²) in [6.45, 7) is 3.92. The topological polar surface area (TPSA) is 38.0 Å². The van der Waals surface area contributed by atoms with Crippen LogP contribution in [0.5, 0.6) is 0 Å². The van der Waals surface area contributed by atoms with Crippen molar-refractivity contribution in [2.45, 2.75) is 38.7 Å². The molecule has 1 saturated carbocycles. The molecule has 2 rings (SSSR count). The molecule has 1 aliphatic carbocycles. The molecule has 3 nitrogen and oxygen atoms in total. The fourth-order valence-electron chi connectivity index (χ4n) is 2.05. The minimum Gasteiger partial charge on any atom is -0.389 e. The molecule has 0 radical (unpaired) electrons. The minimum atomic E-state index is -0.541. The number of hydrogen-bond acceptors (Lipinski definition) is 2. The molecular formula is C11H18N2O. The molecule has 1 unspecified atom stereocenters. The molecule has 1 aromatic rings. The van der Waals surface area contributed by atoms with Gasteiger partial charge in [-0.1, -0.05) is 0 Å². The number of nitrogens with zero attached hydrogens (tertiary/aromatic N) is 2. The Morgan fingerprint density at radius 3 is 2.71 bits per heavy atom. The van der Waals surface area contributed by atoms with Gasteiger partial charge in [-0.25, -0.2) is 0 Å². The Morgan fingerprint density at radius 1 is 1.64 bits per heavy atom. The van der Waals surface area contributed by atoms with Crippen LogP contribution in [-0.4, -0.2) is 20.5 Å². The largest absolute Gasteiger partial charge is 0.389 e. The van der Waals surface area contributed by atoms with Crippen molar-refractivity contribution in [1.82, 2.24) is 9.78 Å². The maximum atomic E-state index is 10.2. The first kappa shape index (κ1) is 9.71. The lowest BCUT2D eigenvalue weighted by atomic mass is 9.94. The van der Waals surface area contributed by atoms with Crippen LogP contribution in [0.3, 0.4) is 0 Å². The average Bonchev–Trinajstić information content (AvgIpc) is 2.80. The summed E-state index contributed by atoms with van der Waals surface area (Å²) in [7, 11) is 1.94. The van der Waals surface area contributed by atoms with Crippen LogP contribution in [-0.2, 0) is 13.5 Å². The summed E-state index contributed by atoms with van der Waals surface area (Å²) in [5.41, 5.74) is 1.61. The van der Waals surface area contributed by atoms with Crippen molar-refractivity contribution in [3.63, 3.8) is 0 Å². The Hall–Kier alpha value is -0.830. The fraction of sp³-hybridized carbons (Fsp3) is 0.727. The van der Waals surface area contributed by atoms with Gasteiger partial charge in [0.2, 0.25) is 0 Å². The van der Waals surface area contributed by atoms with Crippen molar-refractivity contribution in [3.05, 3.63) is 17.5 Å². The molecule has 1 aromatic heterocycles. The first-order valence-electron chi connectivity index (χ1n) is 5.21. The van der Waals surface area contributed by atoms with Crippen LogP contribution in [0.1, 0.15) is 31.2 Å². The van der Waals surface area contributed by atoms with Gasteiger partial charge in [-0.3, -0.25) is 4.68 Å². The second-order valence-corrected chi connectivity index (χ2v) is 4.71. The maximum absolute atomic E-state index is 10.2. The lowest BCUT2D eigenvalue weighted by Gasteiger charge is -2.22. The molecule has 0 amide bonds. The molecule has 1 heterocycles. The summed E-state index contributed by atoms with van der Waals surface area (Å²) in [5, 5.41) is 14.5. The van der Waals surface area contributed by atoms with Crippen molar-refractivity contribution in [1.29, 1.82) is 0 Å². The van der Waals surface area contributed by atoms with E-state index in [0.29, 0.717) is 5.92 Å². The van der Waals surface area contributed by atoms with Crippen molar-refractivity contribution in [3.8, 4) is 0 Å². The summed E-state index contributed by atoms with van der Waals surface area (Å²) in [5.74, 6) is 0.498. The van der Waals surface area contributed by atoms with Gasteiger partial charge in [-0.05, 0) is 38.7 Å². The second kappa shape index (κ2) is 3.09. The van der Waals surface area contributed by atoms with Crippen molar-refractivity contribution >= 4 is 0 Å². The van der Waals surface area contributed by atoms with Crippen molar-refractivity contribution in [2.75, 3.05) is 0 Å². The maximum Gasteiger partial charge on any atom is 0.0702 e. The summed E-state index contributed by atoms with van der Waals surface area (Å²) in [6, 6.07) is 2.05. The predicted molar refractivity (Wildman–Crippen MR) is 55.0 cm³/mol. The third-order valence-electron chi connectivity index (χ3n) is 3.09. The molecule has 0 saturated heterocycles. The Morgan fingerprint density at radius 2 is 2.29 bits per heavy atom. The summed E-state index contributed by atoms with van der Waals surface area (Å²) < 4.78 is 1.87. The van der Waals surface area contributed by atoms with Gasteiger partial charge in [0.25, 0.3) is 0 Å². The molecule has 0 bridgehead atoms. The highest BCUT2D eigenvalue weighted by molar-refractivity contribution is 5.12. The van der Waals surface area contributed by atoms with E-state index < -0.39 is 5.60 Å². The Balaban J connectivity index is 2.13. The molecule has 0 spiro atoms. The fourth-order valence-corrected chi connectivity index (χ4v) is 2.05. The quantitative estimate of drug-likeness (QED) is 0.790. The first-order valence-corrected chi connectivity index (χ1v) is 5.21. The first-order chi connectivity index (χ1) is 6.49. The minimum absolute atomic E-state index is 0.498. The molecule has 1 N–H and O–H groups in total. The third-order valence-corrected chi connectivity index (χ3v) is 3.09. The molecule has 3 heteroatoms. The number of rotatable bonds is 3. The Kier molecular flexibility index (Phi) is 2.14. The van der Waals surface area contributed by atoms with Gasteiger partial charge in [0, 0.05) is 19.2 Å². The van der Waals surface area contributed by atoms with Crippen LogP contribution >= 0.6 is 0 Å². The van der Waals surface area contributed by atoms with Crippen molar-refractivity contribution in [2.24, 2.45) is 13.0 Å². The highest BCUT2D eigenvalue weighted by atomic mass is 16.3. The van der Waals surface area contributed by atoms with Crippen LogP contribution in [0, 0.1) is 12.8 Å². The number of hydrogen-bond donors (Lipinski definition) is 1. The van der Waals surface area contributed by atoms with E-state index in [1.807, 2.05) is 25.6 Å². The number of aryl methyl sites for hydroxylation is 2. The van der Waals surface area contributed by atoms with Gasteiger partial charge < -0.3 is 5.11 Å². The predicted octanol–water partition coefficient (Wildman–Crippen LogP) is 1.43. The number of aliphatic hydroxyl groups is 1. The zero-order valence-corrected chi connectivity index (χ0v) is 9.12. The smallest absolute Gasteiger partial charge is 0.0702 e. The van der Waals surface area contributed by atoms with Crippen LogP contribution in [0.15, 0.2) is 6.07 Å². The lowest BCUT2D eigenvalue weighted by Crippen LogP contribution is -2.30. The van der Waals surface area contributed by atoms with E-state index in [9.17, 15) is 5.11 Å². The molecule has 0 aromatic carbocycles. The van der Waals surface area contributed by atoms with Crippen LogP contribution in [0.4, 0.5) is 0 Å². The molecule has 0 aliphatic heterocycles. The number of aromatic nitrogens is 2. The second-order valence-electron chi connectivity index (χ2n) is 4.71. The summed E-state index contributed by atoms with van der Waals surface area (Å²) in [6.07, 6.45) is 3.06. The Bertz CT molecular complexity index is 337. The van der Waals surface area contributed by atoms with Gasteiger partial charge in [0.1, 0.15) is 0 Å². The summed E-state index contributed by atoms with van der Waals surface area (Å²) >= 11 is 0. The van der Waals surface area contributed by atoms with Crippen LogP contribution in [0.25, 0.3) is 0 Å². The molecule has 14 heavy (non-hydrogen) atoms. The molecular weight excluding hydrogens is 176 g/mol. The van der Waals surface area contributed by atoms with Gasteiger partial charge in [-0.15, -0.1) is 0 Å². The van der Waals surface area contributed by atoms with Gasteiger partial charge in [0.15, 0.2) is 0 Å². The average molecular weight is 194 g/mol. The van der Waals surface area contributed by atoms with E-state index in [4.69, 9.17) is 0 Å². The van der Waals surface area contributed by atoms with Gasteiger partial charge in [-0.2, -0.15) is 5.10 Å². The van der Waals surface area contributed by atoms with Crippen LogP contribution in [0.2, 0.25) is 0 Å². The highest BCUT2D eigenvalue weighted by Gasteiger charge is 2.40. The monoisotopic (exact) mass is 194 g/mol.